The van der Waals surface area contributed by atoms with Crippen LogP contribution >= 0.6 is 34.8 Å². The van der Waals surface area contributed by atoms with Crippen molar-refractivity contribution in [3.63, 3.8) is 0 Å². The molecule has 0 aliphatic carbocycles. The summed E-state index contributed by atoms with van der Waals surface area (Å²) in [6.07, 6.45) is 0.0371. The van der Waals surface area contributed by atoms with Crippen molar-refractivity contribution in [2.24, 2.45) is 0 Å². The first-order valence-corrected chi connectivity index (χ1v) is 11.1. The molecule has 1 heterocycles. The predicted molar refractivity (Wildman–Crippen MR) is 133 cm³/mol. The first-order valence-electron chi connectivity index (χ1n) is 10.0. The van der Waals surface area contributed by atoms with E-state index in [1.807, 2.05) is 19.1 Å². The number of nitrogens with one attached hydrogen (secondary N) is 1. The number of fused-ring (bicyclic) bond motifs is 1. The summed E-state index contributed by atoms with van der Waals surface area (Å²) in [5.41, 5.74) is 3.01. The molecular formula is C25H19Cl3N2O3. The highest BCUT2D eigenvalue weighted by Gasteiger charge is 2.22. The average molecular weight is 502 g/mol. The van der Waals surface area contributed by atoms with E-state index in [9.17, 15) is 9.59 Å². The summed E-state index contributed by atoms with van der Waals surface area (Å²) < 4.78 is 6.98. The zero-order chi connectivity index (χ0) is 23.7. The van der Waals surface area contributed by atoms with Gasteiger partial charge in [-0.05, 0) is 73.2 Å². The fraction of sp³-hybridized carbons (Fsp3) is 0.120. The fourth-order valence-corrected chi connectivity index (χ4v) is 4.32. The Bertz CT molecular complexity index is 1380. The molecule has 168 valence electrons. The van der Waals surface area contributed by atoms with Crippen molar-refractivity contribution in [2.75, 3.05) is 12.4 Å². The SMILES string of the molecule is COc1ccc2c(c1)c(CC(=O)Nc1ccc(Cl)cc1Cl)c(C)n2C(=O)c1ccc(Cl)cc1. The van der Waals surface area contributed by atoms with Crippen molar-refractivity contribution in [3.8, 4) is 5.75 Å². The van der Waals surface area contributed by atoms with Gasteiger partial charge in [0.25, 0.3) is 5.91 Å². The fourth-order valence-electron chi connectivity index (χ4n) is 3.74. The van der Waals surface area contributed by atoms with Gasteiger partial charge < -0.3 is 10.1 Å². The molecule has 0 fully saturated rings. The Kier molecular flexibility index (Phi) is 6.66. The van der Waals surface area contributed by atoms with Gasteiger partial charge in [-0.1, -0.05) is 34.8 Å². The van der Waals surface area contributed by atoms with Crippen LogP contribution in [0.3, 0.4) is 0 Å². The highest BCUT2D eigenvalue weighted by Crippen LogP contribution is 2.32. The lowest BCUT2D eigenvalue weighted by Crippen LogP contribution is -2.17. The van der Waals surface area contributed by atoms with Crippen molar-refractivity contribution in [1.82, 2.24) is 4.57 Å². The van der Waals surface area contributed by atoms with E-state index in [1.165, 1.54) is 0 Å². The number of nitrogens with zero attached hydrogens (tertiary/aromatic N) is 1. The van der Waals surface area contributed by atoms with Gasteiger partial charge in [0.1, 0.15) is 5.75 Å². The number of anilines is 1. The number of carbonyl (C=O) groups is 2. The third kappa shape index (κ3) is 4.71. The highest BCUT2D eigenvalue weighted by atomic mass is 35.5. The topological polar surface area (TPSA) is 60.3 Å². The number of rotatable bonds is 5. The van der Waals surface area contributed by atoms with Gasteiger partial charge in [0.05, 0.1) is 29.8 Å². The molecule has 0 bridgehead atoms. The number of benzene rings is 3. The third-order valence-corrected chi connectivity index (χ3v) is 6.18. The van der Waals surface area contributed by atoms with E-state index < -0.39 is 0 Å². The molecule has 0 aliphatic heterocycles. The van der Waals surface area contributed by atoms with Gasteiger partial charge >= 0.3 is 0 Å². The third-order valence-electron chi connectivity index (χ3n) is 5.38. The van der Waals surface area contributed by atoms with E-state index >= 15 is 0 Å². The minimum absolute atomic E-state index is 0.0371. The first kappa shape index (κ1) is 23.2. The Balaban J connectivity index is 1.75. The molecule has 0 unspecified atom stereocenters. The molecule has 0 radical (unpaired) electrons. The van der Waals surface area contributed by atoms with Crippen LogP contribution in [-0.2, 0) is 11.2 Å². The molecule has 0 saturated heterocycles. The van der Waals surface area contributed by atoms with Gasteiger partial charge in [0.15, 0.2) is 0 Å². The second-order valence-electron chi connectivity index (χ2n) is 7.44. The van der Waals surface area contributed by atoms with E-state index in [1.54, 1.807) is 60.2 Å². The van der Waals surface area contributed by atoms with E-state index in [0.29, 0.717) is 48.8 Å². The van der Waals surface area contributed by atoms with Gasteiger partial charge in [-0.25, -0.2) is 0 Å². The molecule has 8 heteroatoms. The summed E-state index contributed by atoms with van der Waals surface area (Å²) in [5.74, 6) is 0.135. The normalized spacial score (nSPS) is 10.9. The Morgan fingerprint density at radius 3 is 2.30 bits per heavy atom. The smallest absolute Gasteiger partial charge is 0.262 e. The maximum Gasteiger partial charge on any atom is 0.262 e. The standard InChI is InChI=1S/C25H19Cl3N2O3/c1-14-19(13-24(31)29-22-9-7-17(27)11-21(22)28)20-12-18(33-2)8-10-23(20)30(14)25(32)15-3-5-16(26)6-4-15/h3-12H,13H2,1-2H3,(H,29,31). The lowest BCUT2D eigenvalue weighted by Gasteiger charge is -2.09. The Hall–Kier alpha value is -2.99. The monoisotopic (exact) mass is 500 g/mol. The van der Waals surface area contributed by atoms with Crippen molar-refractivity contribution < 1.29 is 14.3 Å². The lowest BCUT2D eigenvalue weighted by atomic mass is 10.1. The minimum Gasteiger partial charge on any atom is -0.497 e. The molecule has 3 aromatic carbocycles. The Morgan fingerprint density at radius 2 is 1.64 bits per heavy atom. The predicted octanol–water partition coefficient (Wildman–Crippen LogP) is 6.79. The molecule has 1 aromatic heterocycles. The van der Waals surface area contributed by atoms with Crippen LogP contribution in [-0.4, -0.2) is 23.5 Å². The van der Waals surface area contributed by atoms with Crippen LogP contribution in [0, 0.1) is 6.92 Å². The quantitative estimate of drug-likeness (QED) is 0.327. The van der Waals surface area contributed by atoms with Gasteiger partial charge in [-0.3, -0.25) is 14.2 Å². The highest BCUT2D eigenvalue weighted by molar-refractivity contribution is 6.36. The number of methoxy groups -OCH3 is 1. The molecule has 0 atom stereocenters. The van der Waals surface area contributed by atoms with Crippen molar-refractivity contribution in [1.29, 1.82) is 0 Å². The summed E-state index contributed by atoms with van der Waals surface area (Å²) in [6, 6.07) is 17.0. The lowest BCUT2D eigenvalue weighted by molar-refractivity contribution is -0.115. The van der Waals surface area contributed by atoms with Crippen LogP contribution in [0.25, 0.3) is 10.9 Å². The molecule has 4 aromatic rings. The summed E-state index contributed by atoms with van der Waals surface area (Å²) in [5, 5.41) is 4.93. The zero-order valence-electron chi connectivity index (χ0n) is 17.8. The van der Waals surface area contributed by atoms with Crippen LogP contribution in [0.15, 0.2) is 60.7 Å². The number of carbonyl (C=O) groups excluding carboxylic acids is 2. The Labute approximate surface area is 205 Å². The summed E-state index contributed by atoms with van der Waals surface area (Å²) in [6.45, 7) is 1.82. The average Bonchev–Trinajstić information content (AvgIpc) is 3.06. The first-order chi connectivity index (χ1) is 15.8. The number of amides is 1. The maximum absolute atomic E-state index is 13.4. The molecule has 0 spiro atoms. The number of halogens is 3. The van der Waals surface area contributed by atoms with Gasteiger partial charge in [0.2, 0.25) is 5.91 Å². The summed E-state index contributed by atoms with van der Waals surface area (Å²) in [4.78, 5) is 26.3. The molecule has 5 nitrogen and oxygen atoms in total. The second kappa shape index (κ2) is 9.48. The number of hydrogen-bond acceptors (Lipinski definition) is 3. The van der Waals surface area contributed by atoms with Crippen molar-refractivity contribution in [2.45, 2.75) is 13.3 Å². The molecule has 1 amide bonds. The van der Waals surface area contributed by atoms with E-state index in [-0.39, 0.29) is 18.2 Å². The number of aromatic nitrogens is 1. The summed E-state index contributed by atoms with van der Waals surface area (Å²) >= 11 is 18.1. The molecule has 1 N–H and O–H groups in total. The van der Waals surface area contributed by atoms with E-state index in [4.69, 9.17) is 39.5 Å². The zero-order valence-corrected chi connectivity index (χ0v) is 20.1. The van der Waals surface area contributed by atoms with Crippen LogP contribution in [0.4, 0.5) is 5.69 Å². The Morgan fingerprint density at radius 1 is 0.939 bits per heavy atom. The molecule has 0 aliphatic rings. The summed E-state index contributed by atoms with van der Waals surface area (Å²) in [7, 11) is 1.57. The molecule has 33 heavy (non-hydrogen) atoms. The van der Waals surface area contributed by atoms with Crippen LogP contribution in [0.5, 0.6) is 5.75 Å². The van der Waals surface area contributed by atoms with E-state index in [2.05, 4.69) is 5.32 Å². The maximum atomic E-state index is 13.4. The van der Waals surface area contributed by atoms with Crippen molar-refractivity contribution >= 4 is 63.2 Å². The van der Waals surface area contributed by atoms with Crippen LogP contribution in [0.2, 0.25) is 15.1 Å². The number of ether oxygens (including phenoxy) is 1. The van der Waals surface area contributed by atoms with Gasteiger partial charge in [0, 0.05) is 26.7 Å². The number of hydrogen-bond donors (Lipinski definition) is 1. The van der Waals surface area contributed by atoms with Crippen LogP contribution in [0.1, 0.15) is 21.6 Å². The minimum atomic E-state index is -0.275. The molecular weight excluding hydrogens is 483 g/mol. The molecule has 4 rings (SSSR count). The molecule has 0 saturated carbocycles. The van der Waals surface area contributed by atoms with Gasteiger partial charge in [-0.2, -0.15) is 0 Å². The van der Waals surface area contributed by atoms with Crippen molar-refractivity contribution in [3.05, 3.63) is 92.6 Å². The van der Waals surface area contributed by atoms with Crippen LogP contribution < -0.4 is 10.1 Å². The largest absolute Gasteiger partial charge is 0.497 e. The van der Waals surface area contributed by atoms with E-state index in [0.717, 1.165) is 5.39 Å². The second-order valence-corrected chi connectivity index (χ2v) is 8.72. The van der Waals surface area contributed by atoms with Gasteiger partial charge in [-0.15, -0.1) is 0 Å².